The van der Waals surface area contributed by atoms with Gasteiger partial charge in [0.25, 0.3) is 0 Å². The third-order valence-electron chi connectivity index (χ3n) is 3.60. The summed E-state index contributed by atoms with van der Waals surface area (Å²) >= 11 is 0. The monoisotopic (exact) mass is 223 g/mol. The molecule has 4 heteroatoms. The molecule has 0 amide bonds. The van der Waals surface area contributed by atoms with Crippen molar-refractivity contribution in [3.8, 4) is 0 Å². The van der Waals surface area contributed by atoms with Crippen molar-refractivity contribution in [3.05, 3.63) is 11.9 Å². The maximum Gasteiger partial charge on any atom is 0.0758 e. The lowest BCUT2D eigenvalue weighted by Gasteiger charge is -2.28. The number of nitrogens with zero attached hydrogens (tertiary/aromatic N) is 2. The lowest BCUT2D eigenvalue weighted by atomic mass is 9.93. The molecule has 1 aliphatic rings. The van der Waals surface area contributed by atoms with Crippen LogP contribution in [0, 0.1) is 6.92 Å². The van der Waals surface area contributed by atoms with Crippen molar-refractivity contribution in [2.24, 2.45) is 7.05 Å². The summed E-state index contributed by atoms with van der Waals surface area (Å²) in [5.41, 5.74) is 2.37. The molecule has 1 fully saturated rings. The number of aryl methyl sites for hydroxylation is 1. The molecule has 0 unspecified atom stereocenters. The molecule has 0 radical (unpaired) electrons. The van der Waals surface area contributed by atoms with Gasteiger partial charge in [-0.1, -0.05) is 0 Å². The van der Waals surface area contributed by atoms with Crippen molar-refractivity contribution < 1.29 is 4.74 Å². The Morgan fingerprint density at radius 2 is 2.06 bits per heavy atom. The third-order valence-corrected chi connectivity index (χ3v) is 3.60. The molecule has 0 atom stereocenters. The minimum atomic E-state index is 0.466. The van der Waals surface area contributed by atoms with Gasteiger partial charge in [0, 0.05) is 20.2 Å². The molecule has 1 saturated carbocycles. The molecule has 1 aromatic rings. The minimum Gasteiger partial charge on any atom is -0.381 e. The first kappa shape index (κ1) is 11.5. The van der Waals surface area contributed by atoms with E-state index in [9.17, 15) is 0 Å². The van der Waals surface area contributed by atoms with E-state index in [0.717, 1.165) is 12.8 Å². The number of ether oxygens (including phenoxy) is 1. The molecular weight excluding hydrogens is 202 g/mol. The first-order valence-electron chi connectivity index (χ1n) is 5.98. The standard InChI is InChI=1S/C12H21N3O/c1-9-12(8-13-15(9)2)14-10-4-6-11(16-3)7-5-10/h8,10-11,14H,4-7H2,1-3H3. The van der Waals surface area contributed by atoms with Crippen LogP contribution in [0.5, 0.6) is 0 Å². The van der Waals surface area contributed by atoms with Gasteiger partial charge in [0.2, 0.25) is 0 Å². The van der Waals surface area contributed by atoms with Gasteiger partial charge in [-0.2, -0.15) is 5.10 Å². The van der Waals surface area contributed by atoms with Crippen LogP contribution in [0.1, 0.15) is 31.4 Å². The number of methoxy groups -OCH3 is 1. The number of hydrogen-bond acceptors (Lipinski definition) is 3. The summed E-state index contributed by atoms with van der Waals surface area (Å²) in [5, 5.41) is 7.82. The lowest BCUT2D eigenvalue weighted by molar-refractivity contribution is 0.0682. The summed E-state index contributed by atoms with van der Waals surface area (Å²) < 4.78 is 7.28. The Morgan fingerprint density at radius 1 is 1.38 bits per heavy atom. The number of anilines is 1. The van der Waals surface area contributed by atoms with Crippen LogP contribution in [0.25, 0.3) is 0 Å². The van der Waals surface area contributed by atoms with Crippen molar-refractivity contribution in [1.29, 1.82) is 0 Å². The van der Waals surface area contributed by atoms with Crippen LogP contribution >= 0.6 is 0 Å². The average molecular weight is 223 g/mol. The van der Waals surface area contributed by atoms with E-state index in [4.69, 9.17) is 4.74 Å². The molecule has 0 aromatic carbocycles. The normalized spacial score (nSPS) is 25.7. The molecule has 4 nitrogen and oxygen atoms in total. The van der Waals surface area contributed by atoms with Crippen molar-refractivity contribution in [1.82, 2.24) is 9.78 Å². The molecule has 1 aliphatic carbocycles. The molecule has 90 valence electrons. The van der Waals surface area contributed by atoms with Crippen molar-refractivity contribution in [3.63, 3.8) is 0 Å². The lowest BCUT2D eigenvalue weighted by Crippen LogP contribution is -2.29. The van der Waals surface area contributed by atoms with Gasteiger partial charge < -0.3 is 10.1 Å². The highest BCUT2D eigenvalue weighted by molar-refractivity contribution is 5.46. The highest BCUT2D eigenvalue weighted by Gasteiger charge is 2.21. The number of nitrogens with one attached hydrogen (secondary N) is 1. The average Bonchev–Trinajstić information content (AvgIpc) is 2.62. The molecule has 1 heterocycles. The fourth-order valence-corrected chi connectivity index (χ4v) is 2.30. The summed E-state index contributed by atoms with van der Waals surface area (Å²) in [5.74, 6) is 0. The summed E-state index contributed by atoms with van der Waals surface area (Å²) in [6.07, 6.45) is 7.08. The van der Waals surface area contributed by atoms with Crippen LogP contribution in [0.15, 0.2) is 6.20 Å². The van der Waals surface area contributed by atoms with E-state index < -0.39 is 0 Å². The summed E-state index contributed by atoms with van der Waals surface area (Å²) in [6, 6.07) is 0.578. The summed E-state index contributed by atoms with van der Waals surface area (Å²) in [6.45, 7) is 2.09. The van der Waals surface area contributed by atoms with E-state index in [-0.39, 0.29) is 0 Å². The van der Waals surface area contributed by atoms with Gasteiger partial charge in [-0.25, -0.2) is 0 Å². The Kier molecular flexibility index (Phi) is 3.49. The first-order chi connectivity index (χ1) is 7.70. The Labute approximate surface area is 97.0 Å². The maximum atomic E-state index is 5.37. The minimum absolute atomic E-state index is 0.466. The van der Waals surface area contributed by atoms with E-state index >= 15 is 0 Å². The van der Waals surface area contributed by atoms with Gasteiger partial charge in [-0.15, -0.1) is 0 Å². The maximum absolute atomic E-state index is 5.37. The molecule has 0 saturated heterocycles. The highest BCUT2D eigenvalue weighted by atomic mass is 16.5. The molecule has 0 bridgehead atoms. The Hall–Kier alpha value is -1.03. The smallest absolute Gasteiger partial charge is 0.0758 e. The van der Waals surface area contributed by atoms with E-state index in [1.165, 1.54) is 24.2 Å². The first-order valence-corrected chi connectivity index (χ1v) is 5.98. The molecule has 1 aromatic heterocycles. The predicted octanol–water partition coefficient (Wildman–Crippen LogP) is 2.10. The third kappa shape index (κ3) is 2.38. The number of rotatable bonds is 3. The van der Waals surface area contributed by atoms with E-state index in [0.29, 0.717) is 12.1 Å². The Bertz CT molecular complexity index is 340. The molecule has 0 spiro atoms. The van der Waals surface area contributed by atoms with Gasteiger partial charge in [0.05, 0.1) is 23.7 Å². The second-order valence-electron chi connectivity index (χ2n) is 4.62. The Balaban J connectivity index is 1.89. The van der Waals surface area contributed by atoms with Crippen LogP contribution in [0.4, 0.5) is 5.69 Å². The van der Waals surface area contributed by atoms with Gasteiger partial charge in [0.1, 0.15) is 0 Å². The zero-order valence-corrected chi connectivity index (χ0v) is 10.4. The van der Waals surface area contributed by atoms with Crippen LogP contribution in [-0.2, 0) is 11.8 Å². The molecule has 2 rings (SSSR count). The van der Waals surface area contributed by atoms with Crippen LogP contribution < -0.4 is 5.32 Å². The van der Waals surface area contributed by atoms with Gasteiger partial charge >= 0.3 is 0 Å². The van der Waals surface area contributed by atoms with E-state index in [2.05, 4.69) is 17.3 Å². The highest BCUT2D eigenvalue weighted by Crippen LogP contribution is 2.24. The topological polar surface area (TPSA) is 39.1 Å². The molecule has 16 heavy (non-hydrogen) atoms. The Morgan fingerprint density at radius 3 is 2.56 bits per heavy atom. The second kappa shape index (κ2) is 4.87. The summed E-state index contributed by atoms with van der Waals surface area (Å²) in [4.78, 5) is 0. The largest absolute Gasteiger partial charge is 0.381 e. The predicted molar refractivity (Wildman–Crippen MR) is 64.6 cm³/mol. The second-order valence-corrected chi connectivity index (χ2v) is 4.62. The number of aromatic nitrogens is 2. The van der Waals surface area contributed by atoms with Crippen molar-refractivity contribution >= 4 is 5.69 Å². The summed E-state index contributed by atoms with van der Waals surface area (Å²) in [7, 11) is 3.78. The molecule has 0 aliphatic heterocycles. The fraction of sp³-hybridized carbons (Fsp3) is 0.750. The number of hydrogen-bond donors (Lipinski definition) is 1. The SMILES string of the molecule is COC1CCC(Nc2cnn(C)c2C)CC1. The van der Waals surface area contributed by atoms with Gasteiger partial charge in [-0.05, 0) is 32.6 Å². The van der Waals surface area contributed by atoms with Gasteiger partial charge in [-0.3, -0.25) is 4.68 Å². The van der Waals surface area contributed by atoms with Crippen LogP contribution in [0.3, 0.4) is 0 Å². The van der Waals surface area contributed by atoms with Crippen molar-refractivity contribution in [2.75, 3.05) is 12.4 Å². The molecule has 1 N–H and O–H groups in total. The molecular formula is C12H21N3O. The zero-order chi connectivity index (χ0) is 11.5. The van der Waals surface area contributed by atoms with Crippen molar-refractivity contribution in [2.45, 2.75) is 44.8 Å². The quantitative estimate of drug-likeness (QED) is 0.853. The van der Waals surface area contributed by atoms with Gasteiger partial charge in [0.15, 0.2) is 0 Å². The zero-order valence-electron chi connectivity index (χ0n) is 10.4. The van der Waals surface area contributed by atoms with E-state index in [1.54, 1.807) is 0 Å². The fourth-order valence-electron chi connectivity index (χ4n) is 2.30. The van der Waals surface area contributed by atoms with E-state index in [1.807, 2.05) is 25.0 Å². The van der Waals surface area contributed by atoms with Crippen LogP contribution in [-0.4, -0.2) is 29.0 Å². The van der Waals surface area contributed by atoms with Crippen LogP contribution in [0.2, 0.25) is 0 Å².